The van der Waals surface area contributed by atoms with E-state index in [9.17, 15) is 8.42 Å². The summed E-state index contributed by atoms with van der Waals surface area (Å²) in [6, 6.07) is 11.9. The van der Waals surface area contributed by atoms with E-state index in [0.29, 0.717) is 23.4 Å². The maximum Gasteiger partial charge on any atom is 0.266 e. The van der Waals surface area contributed by atoms with Gasteiger partial charge in [0.15, 0.2) is 11.4 Å². The summed E-state index contributed by atoms with van der Waals surface area (Å²) in [5.74, 6) is 6.26. The summed E-state index contributed by atoms with van der Waals surface area (Å²) in [4.78, 5) is 5.24. The van der Waals surface area contributed by atoms with E-state index in [1.165, 1.54) is 31.6 Å². The Bertz CT molecular complexity index is 1680. The van der Waals surface area contributed by atoms with E-state index in [0.717, 1.165) is 4.88 Å². The number of sulfonamides is 1. The first-order valence-corrected chi connectivity index (χ1v) is 12.9. The molecular formula is C24H19N5O5S2. The minimum Gasteiger partial charge on any atom is -0.495 e. The van der Waals surface area contributed by atoms with Crippen LogP contribution in [0.25, 0.3) is 11.0 Å². The SMILES string of the molecule is COc1ccc(C#Cc2cccs2)cc1S(=O)(=O)Nc1noc2cc(Cn3cccn3)nc(OC)c12. The quantitative estimate of drug-likeness (QED) is 0.322. The number of methoxy groups -OCH3 is 2. The number of fused-ring (bicyclic) bond motifs is 1. The zero-order valence-electron chi connectivity index (χ0n) is 19.1. The molecule has 10 nitrogen and oxygen atoms in total. The summed E-state index contributed by atoms with van der Waals surface area (Å²) in [5.41, 5.74) is 1.42. The van der Waals surface area contributed by atoms with Crippen LogP contribution in [0, 0.1) is 11.8 Å². The van der Waals surface area contributed by atoms with Gasteiger partial charge in [-0.2, -0.15) is 5.10 Å². The Morgan fingerprint density at radius 2 is 2.03 bits per heavy atom. The summed E-state index contributed by atoms with van der Waals surface area (Å²) in [5, 5.41) is 10.3. The van der Waals surface area contributed by atoms with E-state index in [1.54, 1.807) is 41.3 Å². The summed E-state index contributed by atoms with van der Waals surface area (Å²) >= 11 is 1.50. The molecule has 182 valence electrons. The highest BCUT2D eigenvalue weighted by Crippen LogP contribution is 2.34. The number of thiophene rings is 1. The summed E-state index contributed by atoms with van der Waals surface area (Å²) in [6.07, 6.45) is 3.46. The lowest BCUT2D eigenvalue weighted by Crippen LogP contribution is -2.15. The minimum atomic E-state index is -4.15. The van der Waals surface area contributed by atoms with Gasteiger partial charge in [-0.15, -0.1) is 11.3 Å². The third-order valence-electron chi connectivity index (χ3n) is 5.09. The highest BCUT2D eigenvalue weighted by molar-refractivity contribution is 7.92. The van der Waals surface area contributed by atoms with Crippen molar-refractivity contribution < 1.29 is 22.4 Å². The minimum absolute atomic E-state index is 0.0582. The van der Waals surface area contributed by atoms with Crippen molar-refractivity contribution in [1.82, 2.24) is 19.9 Å². The van der Waals surface area contributed by atoms with Gasteiger partial charge in [0, 0.05) is 24.0 Å². The van der Waals surface area contributed by atoms with E-state index in [2.05, 4.69) is 31.8 Å². The summed E-state index contributed by atoms with van der Waals surface area (Å²) in [7, 11) is -1.32. The maximum absolute atomic E-state index is 13.4. The van der Waals surface area contributed by atoms with E-state index >= 15 is 0 Å². The third-order valence-corrected chi connectivity index (χ3v) is 7.23. The van der Waals surface area contributed by atoms with Crippen LogP contribution in [-0.4, -0.2) is 42.6 Å². The zero-order chi connectivity index (χ0) is 25.1. The van der Waals surface area contributed by atoms with Crippen LogP contribution in [-0.2, 0) is 16.6 Å². The number of rotatable bonds is 7. The molecule has 12 heteroatoms. The van der Waals surface area contributed by atoms with E-state index in [-0.39, 0.29) is 27.7 Å². The van der Waals surface area contributed by atoms with E-state index in [1.807, 2.05) is 17.5 Å². The highest BCUT2D eigenvalue weighted by atomic mass is 32.2. The number of hydrogen-bond acceptors (Lipinski definition) is 9. The molecule has 0 atom stereocenters. The van der Waals surface area contributed by atoms with Crippen molar-refractivity contribution in [3.63, 3.8) is 0 Å². The summed E-state index contributed by atoms with van der Waals surface area (Å²) < 4.78 is 47.1. The molecule has 0 aliphatic rings. The third kappa shape index (κ3) is 4.74. The Labute approximate surface area is 210 Å². The molecule has 5 rings (SSSR count). The predicted octanol–water partition coefficient (Wildman–Crippen LogP) is 3.75. The molecule has 0 radical (unpaired) electrons. The van der Waals surface area contributed by atoms with Gasteiger partial charge in [-0.1, -0.05) is 23.1 Å². The number of hydrogen-bond donors (Lipinski definition) is 1. The van der Waals surface area contributed by atoms with Crippen LogP contribution >= 0.6 is 11.3 Å². The van der Waals surface area contributed by atoms with Gasteiger partial charge in [-0.05, 0) is 35.7 Å². The number of pyridine rings is 1. The van der Waals surface area contributed by atoms with Crippen molar-refractivity contribution in [3.05, 3.63) is 76.4 Å². The lowest BCUT2D eigenvalue weighted by Gasteiger charge is -2.11. The molecule has 4 aromatic heterocycles. The van der Waals surface area contributed by atoms with E-state index < -0.39 is 10.0 Å². The standard InChI is InChI=1S/C24H19N5O5S2/c1-32-19-9-7-16(6-8-18-5-3-12-35-18)13-21(19)36(30,31)28-23-22-20(34-27-23)14-17(26-24(22)33-2)15-29-11-4-10-25-29/h3-5,7,9-14H,15H2,1-2H3,(H,27,28). The second-order valence-electron chi connectivity index (χ2n) is 7.43. The average Bonchev–Trinajstić information content (AvgIpc) is 3.65. The lowest BCUT2D eigenvalue weighted by molar-refractivity contribution is 0.400. The van der Waals surface area contributed by atoms with Crippen LogP contribution in [0.2, 0.25) is 0 Å². The molecule has 1 aromatic carbocycles. The number of ether oxygens (including phenoxy) is 2. The molecule has 0 aliphatic carbocycles. The van der Waals surface area contributed by atoms with Crippen molar-refractivity contribution in [2.75, 3.05) is 18.9 Å². The van der Waals surface area contributed by atoms with Crippen molar-refractivity contribution in [2.45, 2.75) is 11.4 Å². The van der Waals surface area contributed by atoms with Gasteiger partial charge < -0.3 is 14.0 Å². The van der Waals surface area contributed by atoms with Gasteiger partial charge in [0.2, 0.25) is 5.88 Å². The molecular weight excluding hydrogens is 502 g/mol. The predicted molar refractivity (Wildman–Crippen MR) is 134 cm³/mol. The first kappa shape index (κ1) is 23.4. The van der Waals surface area contributed by atoms with Gasteiger partial charge in [0.25, 0.3) is 10.0 Å². The number of benzene rings is 1. The molecule has 0 bridgehead atoms. The first-order valence-electron chi connectivity index (χ1n) is 10.5. The molecule has 36 heavy (non-hydrogen) atoms. The Morgan fingerprint density at radius 1 is 1.14 bits per heavy atom. The fraction of sp³-hybridized carbons (Fsp3) is 0.125. The van der Waals surface area contributed by atoms with Crippen LogP contribution < -0.4 is 14.2 Å². The Hall–Kier alpha value is -4.34. The molecule has 4 heterocycles. The monoisotopic (exact) mass is 521 g/mol. The fourth-order valence-corrected chi connectivity index (χ4v) is 5.24. The second-order valence-corrected chi connectivity index (χ2v) is 10.0. The van der Waals surface area contributed by atoms with Gasteiger partial charge in [-0.25, -0.2) is 13.4 Å². The van der Waals surface area contributed by atoms with Crippen LogP contribution in [0.1, 0.15) is 16.1 Å². The van der Waals surface area contributed by atoms with E-state index in [4.69, 9.17) is 14.0 Å². The number of anilines is 1. The number of aromatic nitrogens is 4. The molecule has 0 spiro atoms. The van der Waals surface area contributed by atoms with Crippen molar-refractivity contribution in [1.29, 1.82) is 0 Å². The molecule has 0 aliphatic heterocycles. The van der Waals surface area contributed by atoms with Crippen molar-refractivity contribution >= 4 is 38.1 Å². The Morgan fingerprint density at radius 3 is 2.75 bits per heavy atom. The molecule has 5 aromatic rings. The average molecular weight is 522 g/mol. The highest BCUT2D eigenvalue weighted by Gasteiger charge is 2.25. The van der Waals surface area contributed by atoms with Crippen LogP contribution in [0.3, 0.4) is 0 Å². The van der Waals surface area contributed by atoms with Gasteiger partial charge in [0.05, 0.1) is 31.3 Å². The molecule has 1 N–H and O–H groups in total. The van der Waals surface area contributed by atoms with Crippen LogP contribution in [0.5, 0.6) is 11.6 Å². The fourth-order valence-electron chi connectivity index (χ4n) is 3.47. The van der Waals surface area contributed by atoms with Crippen molar-refractivity contribution in [3.8, 4) is 23.5 Å². The molecule has 0 saturated carbocycles. The zero-order valence-corrected chi connectivity index (χ0v) is 20.8. The van der Waals surface area contributed by atoms with Crippen molar-refractivity contribution in [2.24, 2.45) is 0 Å². The molecule has 0 fully saturated rings. The maximum atomic E-state index is 13.4. The Kier molecular flexibility index (Phi) is 6.32. The van der Waals surface area contributed by atoms with Gasteiger partial charge >= 0.3 is 0 Å². The second kappa shape index (κ2) is 9.73. The lowest BCUT2D eigenvalue weighted by atomic mass is 10.2. The largest absolute Gasteiger partial charge is 0.495 e. The summed E-state index contributed by atoms with van der Waals surface area (Å²) in [6.45, 7) is 0.373. The van der Waals surface area contributed by atoms with Gasteiger partial charge in [0.1, 0.15) is 16.0 Å². The number of nitrogens with zero attached hydrogens (tertiary/aromatic N) is 4. The van der Waals surface area contributed by atoms with Crippen LogP contribution in [0.4, 0.5) is 5.82 Å². The smallest absolute Gasteiger partial charge is 0.266 e. The molecule has 0 unspecified atom stereocenters. The van der Waals surface area contributed by atoms with Gasteiger partial charge in [-0.3, -0.25) is 9.40 Å². The molecule has 0 amide bonds. The Balaban J connectivity index is 1.50. The first-order chi connectivity index (χ1) is 17.5. The topological polar surface area (TPSA) is 121 Å². The number of nitrogens with one attached hydrogen (secondary N) is 1. The van der Waals surface area contributed by atoms with Crippen LogP contribution in [0.15, 0.2) is 69.7 Å². The molecule has 0 saturated heterocycles. The normalized spacial score (nSPS) is 11.2.